The quantitative estimate of drug-likeness (QED) is 0.727. The zero-order valence-electron chi connectivity index (χ0n) is 9.54. The number of guanidine groups is 1. The SMILES string of the molecule is OCc1cc(CNC2=NCCCN2)ccc1F. The van der Waals surface area contributed by atoms with Crippen molar-refractivity contribution in [3.8, 4) is 0 Å². The Bertz CT molecular complexity index is 420. The molecular formula is C12H16FN3O. The van der Waals surface area contributed by atoms with E-state index in [0.29, 0.717) is 12.1 Å². The van der Waals surface area contributed by atoms with E-state index in [-0.39, 0.29) is 12.4 Å². The van der Waals surface area contributed by atoms with Gasteiger partial charge in [-0.25, -0.2) is 4.39 Å². The summed E-state index contributed by atoms with van der Waals surface area (Å²) in [4.78, 5) is 4.28. The highest BCUT2D eigenvalue weighted by molar-refractivity contribution is 5.80. The fraction of sp³-hybridized carbons (Fsp3) is 0.417. The van der Waals surface area contributed by atoms with Crippen LogP contribution in [0, 0.1) is 5.82 Å². The van der Waals surface area contributed by atoms with Gasteiger partial charge >= 0.3 is 0 Å². The largest absolute Gasteiger partial charge is 0.392 e. The lowest BCUT2D eigenvalue weighted by atomic mass is 10.1. The van der Waals surface area contributed by atoms with Crippen LogP contribution < -0.4 is 10.6 Å². The van der Waals surface area contributed by atoms with Crippen molar-refractivity contribution >= 4 is 5.96 Å². The Balaban J connectivity index is 1.96. The molecule has 0 saturated heterocycles. The number of benzene rings is 1. The van der Waals surface area contributed by atoms with E-state index in [1.807, 2.05) is 0 Å². The molecule has 0 bridgehead atoms. The maximum Gasteiger partial charge on any atom is 0.191 e. The number of nitrogens with one attached hydrogen (secondary N) is 2. The highest BCUT2D eigenvalue weighted by atomic mass is 19.1. The third-order valence-corrected chi connectivity index (χ3v) is 2.64. The lowest BCUT2D eigenvalue weighted by Crippen LogP contribution is -2.40. The zero-order chi connectivity index (χ0) is 12.1. The number of hydrogen-bond donors (Lipinski definition) is 3. The van der Waals surface area contributed by atoms with E-state index >= 15 is 0 Å². The molecule has 1 aliphatic heterocycles. The molecule has 0 fully saturated rings. The number of aliphatic imine (C=N–C) groups is 1. The highest BCUT2D eigenvalue weighted by Crippen LogP contribution is 2.10. The molecule has 5 heteroatoms. The minimum atomic E-state index is -0.371. The molecule has 3 N–H and O–H groups in total. The summed E-state index contributed by atoms with van der Waals surface area (Å²) in [6.45, 7) is 2.05. The summed E-state index contributed by atoms with van der Waals surface area (Å²) < 4.78 is 13.1. The van der Waals surface area contributed by atoms with Gasteiger partial charge in [0.25, 0.3) is 0 Å². The van der Waals surface area contributed by atoms with Gasteiger partial charge < -0.3 is 15.7 Å². The first-order chi connectivity index (χ1) is 8.29. The first-order valence-corrected chi connectivity index (χ1v) is 5.70. The molecule has 0 saturated carbocycles. The Kier molecular flexibility index (Phi) is 3.93. The van der Waals surface area contributed by atoms with Crippen molar-refractivity contribution in [2.24, 2.45) is 4.99 Å². The van der Waals surface area contributed by atoms with E-state index < -0.39 is 0 Å². The molecule has 0 aliphatic carbocycles. The van der Waals surface area contributed by atoms with E-state index in [9.17, 15) is 4.39 Å². The standard InChI is InChI=1S/C12H16FN3O/c13-11-3-2-9(6-10(11)8-17)7-16-12-14-4-1-5-15-12/h2-3,6,17H,1,4-5,7-8H2,(H2,14,15,16). The molecule has 17 heavy (non-hydrogen) atoms. The van der Waals surface area contributed by atoms with Gasteiger partial charge in [-0.2, -0.15) is 0 Å². The number of halogens is 1. The molecule has 2 rings (SSSR count). The third-order valence-electron chi connectivity index (χ3n) is 2.64. The van der Waals surface area contributed by atoms with Crippen molar-refractivity contribution in [2.75, 3.05) is 13.1 Å². The second kappa shape index (κ2) is 5.63. The number of aliphatic hydroxyl groups excluding tert-OH is 1. The molecule has 0 aromatic heterocycles. The van der Waals surface area contributed by atoms with Crippen molar-refractivity contribution in [3.05, 3.63) is 35.1 Å². The maximum atomic E-state index is 13.1. The van der Waals surface area contributed by atoms with Gasteiger partial charge in [0.15, 0.2) is 5.96 Å². The molecule has 1 aromatic carbocycles. The molecule has 0 amide bonds. The number of nitrogens with zero attached hydrogens (tertiary/aromatic N) is 1. The van der Waals surface area contributed by atoms with E-state index in [1.165, 1.54) is 6.07 Å². The van der Waals surface area contributed by atoms with Crippen LogP contribution in [0.4, 0.5) is 4.39 Å². The fourth-order valence-corrected chi connectivity index (χ4v) is 1.70. The normalized spacial score (nSPS) is 15.1. The summed E-state index contributed by atoms with van der Waals surface area (Å²) in [7, 11) is 0. The highest BCUT2D eigenvalue weighted by Gasteiger charge is 2.05. The molecule has 0 atom stereocenters. The Hall–Kier alpha value is -1.62. The van der Waals surface area contributed by atoms with E-state index in [2.05, 4.69) is 15.6 Å². The predicted molar refractivity (Wildman–Crippen MR) is 64.1 cm³/mol. The van der Waals surface area contributed by atoms with Crippen molar-refractivity contribution < 1.29 is 9.50 Å². The van der Waals surface area contributed by atoms with Crippen LogP contribution in [0.2, 0.25) is 0 Å². The number of hydrogen-bond acceptors (Lipinski definition) is 4. The van der Waals surface area contributed by atoms with Crippen LogP contribution >= 0.6 is 0 Å². The van der Waals surface area contributed by atoms with Crippen molar-refractivity contribution in [3.63, 3.8) is 0 Å². The first kappa shape index (κ1) is 11.9. The lowest BCUT2D eigenvalue weighted by molar-refractivity contribution is 0.275. The Morgan fingerprint density at radius 3 is 3.06 bits per heavy atom. The van der Waals surface area contributed by atoms with Gasteiger partial charge in [0.05, 0.1) is 6.61 Å². The number of rotatable bonds is 3. The second-order valence-electron chi connectivity index (χ2n) is 3.95. The minimum Gasteiger partial charge on any atom is -0.392 e. The smallest absolute Gasteiger partial charge is 0.191 e. The molecular weight excluding hydrogens is 221 g/mol. The van der Waals surface area contributed by atoms with Gasteiger partial charge in [-0.3, -0.25) is 4.99 Å². The molecule has 0 radical (unpaired) electrons. The average molecular weight is 237 g/mol. The summed E-state index contributed by atoms with van der Waals surface area (Å²) in [5.74, 6) is 0.413. The average Bonchev–Trinajstić information content (AvgIpc) is 2.39. The lowest BCUT2D eigenvalue weighted by Gasteiger charge is -2.16. The van der Waals surface area contributed by atoms with Crippen LogP contribution in [0.5, 0.6) is 0 Å². The van der Waals surface area contributed by atoms with Crippen LogP contribution in [0.1, 0.15) is 17.5 Å². The van der Waals surface area contributed by atoms with Gasteiger partial charge in [-0.05, 0) is 24.1 Å². The molecule has 0 unspecified atom stereocenters. The van der Waals surface area contributed by atoms with Crippen LogP contribution in [-0.4, -0.2) is 24.2 Å². The van der Waals surface area contributed by atoms with Crippen LogP contribution in [0.15, 0.2) is 23.2 Å². The van der Waals surface area contributed by atoms with Crippen molar-refractivity contribution in [2.45, 2.75) is 19.6 Å². The van der Waals surface area contributed by atoms with Gasteiger partial charge in [0.1, 0.15) is 5.82 Å². The van der Waals surface area contributed by atoms with E-state index in [1.54, 1.807) is 12.1 Å². The molecule has 1 heterocycles. The Morgan fingerprint density at radius 1 is 1.47 bits per heavy atom. The molecule has 1 aromatic rings. The van der Waals surface area contributed by atoms with Gasteiger partial charge in [-0.1, -0.05) is 6.07 Å². The summed E-state index contributed by atoms with van der Waals surface area (Å²) in [5, 5.41) is 15.3. The van der Waals surface area contributed by atoms with Gasteiger partial charge in [0, 0.05) is 25.2 Å². The monoisotopic (exact) mass is 237 g/mol. The molecule has 0 spiro atoms. The first-order valence-electron chi connectivity index (χ1n) is 5.70. The van der Waals surface area contributed by atoms with Crippen molar-refractivity contribution in [1.29, 1.82) is 0 Å². The predicted octanol–water partition coefficient (Wildman–Crippen LogP) is 0.757. The zero-order valence-corrected chi connectivity index (χ0v) is 9.54. The third kappa shape index (κ3) is 3.17. The summed E-state index contributed by atoms with van der Waals surface area (Å²) >= 11 is 0. The topological polar surface area (TPSA) is 56.6 Å². The second-order valence-corrected chi connectivity index (χ2v) is 3.95. The van der Waals surface area contributed by atoms with Gasteiger partial charge in [0.2, 0.25) is 0 Å². The molecule has 92 valence electrons. The summed E-state index contributed by atoms with van der Waals surface area (Å²) in [5.41, 5.74) is 1.24. The van der Waals surface area contributed by atoms with Crippen molar-refractivity contribution in [1.82, 2.24) is 10.6 Å². The molecule has 1 aliphatic rings. The molecule has 4 nitrogen and oxygen atoms in total. The number of aliphatic hydroxyl groups is 1. The summed E-state index contributed by atoms with van der Waals surface area (Å²) in [6, 6.07) is 4.73. The van der Waals surface area contributed by atoms with E-state index in [0.717, 1.165) is 31.0 Å². The van der Waals surface area contributed by atoms with Gasteiger partial charge in [-0.15, -0.1) is 0 Å². The maximum absolute atomic E-state index is 13.1. The summed E-state index contributed by atoms with van der Waals surface area (Å²) in [6.07, 6.45) is 1.05. The fourth-order valence-electron chi connectivity index (χ4n) is 1.70. The van der Waals surface area contributed by atoms with Crippen LogP contribution in [-0.2, 0) is 13.2 Å². The Morgan fingerprint density at radius 2 is 2.35 bits per heavy atom. The Labute approximate surface area is 99.6 Å². The van der Waals surface area contributed by atoms with Crippen LogP contribution in [0.3, 0.4) is 0 Å². The minimum absolute atomic E-state index is 0.279. The van der Waals surface area contributed by atoms with Crippen LogP contribution in [0.25, 0.3) is 0 Å². The van der Waals surface area contributed by atoms with E-state index in [4.69, 9.17) is 5.11 Å².